The third-order valence-electron chi connectivity index (χ3n) is 2.29. The van der Waals surface area contributed by atoms with Gasteiger partial charge in [0.15, 0.2) is 12.1 Å². The summed E-state index contributed by atoms with van der Waals surface area (Å²) in [6, 6.07) is 3.50. The van der Waals surface area contributed by atoms with Crippen LogP contribution in [0.5, 0.6) is 0 Å². The Balaban J connectivity index is 2.41. The van der Waals surface area contributed by atoms with Gasteiger partial charge in [-0.05, 0) is 31.5 Å². The predicted molar refractivity (Wildman–Crippen MR) is 56.2 cm³/mol. The van der Waals surface area contributed by atoms with Gasteiger partial charge in [0.1, 0.15) is 0 Å². The lowest BCUT2D eigenvalue weighted by atomic mass is 10.3. The summed E-state index contributed by atoms with van der Waals surface area (Å²) in [5, 5.41) is 4.30. The van der Waals surface area contributed by atoms with Gasteiger partial charge < -0.3 is 0 Å². The molecule has 15 heavy (non-hydrogen) atoms. The highest BCUT2D eigenvalue weighted by Crippen LogP contribution is 2.08. The van der Waals surface area contributed by atoms with Crippen LogP contribution in [0, 0.1) is 13.8 Å². The van der Waals surface area contributed by atoms with Gasteiger partial charge in [-0.15, -0.1) is 0 Å². The van der Waals surface area contributed by atoms with Gasteiger partial charge >= 0.3 is 0 Å². The van der Waals surface area contributed by atoms with E-state index in [9.17, 15) is 4.79 Å². The van der Waals surface area contributed by atoms with E-state index >= 15 is 0 Å². The van der Waals surface area contributed by atoms with E-state index in [1.165, 1.54) is 6.20 Å². The number of hydrogen-bond donors (Lipinski definition) is 0. The Morgan fingerprint density at radius 3 is 2.60 bits per heavy atom. The Kier molecular flexibility index (Phi) is 2.33. The van der Waals surface area contributed by atoms with E-state index in [0.717, 1.165) is 23.4 Å². The van der Waals surface area contributed by atoms with Crippen molar-refractivity contribution >= 4 is 6.29 Å². The summed E-state index contributed by atoms with van der Waals surface area (Å²) in [4.78, 5) is 14.6. The van der Waals surface area contributed by atoms with Crippen molar-refractivity contribution in [3.05, 3.63) is 41.3 Å². The first-order chi connectivity index (χ1) is 7.20. The minimum absolute atomic E-state index is 0.569. The minimum atomic E-state index is 0.569. The van der Waals surface area contributed by atoms with Crippen molar-refractivity contribution in [1.29, 1.82) is 0 Å². The minimum Gasteiger partial charge on any atom is -0.298 e. The summed E-state index contributed by atoms with van der Waals surface area (Å²) in [6.45, 7) is 3.95. The molecule has 0 aliphatic carbocycles. The molecule has 0 atom stereocenters. The monoisotopic (exact) mass is 201 g/mol. The molecule has 2 heterocycles. The lowest BCUT2D eigenvalue weighted by molar-refractivity contribution is 0.112. The molecule has 4 nitrogen and oxygen atoms in total. The van der Waals surface area contributed by atoms with Crippen molar-refractivity contribution in [3.63, 3.8) is 0 Å². The normalized spacial score (nSPS) is 10.3. The van der Waals surface area contributed by atoms with Gasteiger partial charge in [0.2, 0.25) is 0 Å². The fourth-order valence-corrected chi connectivity index (χ4v) is 1.27. The molecular weight excluding hydrogens is 190 g/mol. The number of carbonyl (C=O) groups excluding carboxylic acids is 1. The zero-order valence-electron chi connectivity index (χ0n) is 8.64. The highest BCUT2D eigenvalue weighted by molar-refractivity contribution is 5.74. The molecule has 0 unspecified atom stereocenters. The molecule has 0 amide bonds. The molecule has 0 radical (unpaired) electrons. The second-order valence-corrected chi connectivity index (χ2v) is 3.41. The maximum Gasteiger partial charge on any atom is 0.153 e. The predicted octanol–water partition coefficient (Wildman–Crippen LogP) is 1.70. The van der Waals surface area contributed by atoms with Crippen LogP contribution in [0.25, 0.3) is 5.82 Å². The van der Waals surface area contributed by atoms with Crippen molar-refractivity contribution in [2.24, 2.45) is 0 Å². The zero-order valence-corrected chi connectivity index (χ0v) is 8.64. The molecule has 0 aliphatic rings. The Morgan fingerprint density at radius 2 is 2.13 bits per heavy atom. The largest absolute Gasteiger partial charge is 0.298 e. The van der Waals surface area contributed by atoms with E-state index in [2.05, 4.69) is 10.1 Å². The number of rotatable bonds is 2. The highest BCUT2D eigenvalue weighted by atomic mass is 16.1. The smallest absolute Gasteiger partial charge is 0.153 e. The molecule has 0 saturated heterocycles. The molecule has 2 aromatic rings. The molecule has 0 aliphatic heterocycles. The third kappa shape index (κ3) is 1.79. The van der Waals surface area contributed by atoms with E-state index in [1.807, 2.05) is 20.0 Å². The van der Waals surface area contributed by atoms with Gasteiger partial charge in [-0.3, -0.25) is 4.79 Å². The average molecular weight is 201 g/mol. The van der Waals surface area contributed by atoms with E-state index < -0.39 is 0 Å². The third-order valence-corrected chi connectivity index (χ3v) is 2.29. The van der Waals surface area contributed by atoms with Crippen molar-refractivity contribution in [2.45, 2.75) is 13.8 Å². The summed E-state index contributed by atoms with van der Waals surface area (Å²) in [5.74, 6) is 0.719. The van der Waals surface area contributed by atoms with Gasteiger partial charge in [-0.1, -0.05) is 0 Å². The van der Waals surface area contributed by atoms with Gasteiger partial charge in [0.25, 0.3) is 0 Å². The highest BCUT2D eigenvalue weighted by Gasteiger charge is 2.02. The summed E-state index contributed by atoms with van der Waals surface area (Å²) in [5.41, 5.74) is 2.67. The second kappa shape index (κ2) is 3.65. The quantitative estimate of drug-likeness (QED) is 0.695. The number of aldehydes is 1. The molecule has 2 aromatic heterocycles. The summed E-state index contributed by atoms with van der Waals surface area (Å²) >= 11 is 0. The Bertz CT molecular complexity index is 466. The van der Waals surface area contributed by atoms with Crippen LogP contribution >= 0.6 is 0 Å². The van der Waals surface area contributed by atoms with Gasteiger partial charge in [0, 0.05) is 18.0 Å². The number of nitrogens with zero attached hydrogens (tertiary/aromatic N) is 3. The zero-order chi connectivity index (χ0) is 10.8. The Hall–Kier alpha value is -1.97. The molecule has 76 valence electrons. The fraction of sp³-hybridized carbons (Fsp3) is 0.182. The molecule has 0 N–H and O–H groups in total. The van der Waals surface area contributed by atoms with Crippen LogP contribution in [0.4, 0.5) is 0 Å². The summed E-state index contributed by atoms with van der Waals surface area (Å²) in [7, 11) is 0. The first kappa shape index (κ1) is 9.58. The number of pyridine rings is 1. The number of aryl methyl sites for hydroxylation is 2. The maximum atomic E-state index is 10.5. The number of hydrogen-bond acceptors (Lipinski definition) is 3. The lowest BCUT2D eigenvalue weighted by Gasteiger charge is -1.99. The first-order valence-electron chi connectivity index (χ1n) is 4.65. The van der Waals surface area contributed by atoms with Gasteiger partial charge in [-0.2, -0.15) is 5.10 Å². The fourth-order valence-electron chi connectivity index (χ4n) is 1.27. The lowest BCUT2D eigenvalue weighted by Crippen LogP contribution is -1.98. The van der Waals surface area contributed by atoms with Crippen molar-refractivity contribution in [2.75, 3.05) is 0 Å². The van der Waals surface area contributed by atoms with Crippen LogP contribution < -0.4 is 0 Å². The van der Waals surface area contributed by atoms with E-state index in [4.69, 9.17) is 0 Å². The standard InChI is InChI=1S/C11H11N3O/c1-8-6-14(13-9(8)2)11-4-3-10(7-15)5-12-11/h3-7H,1-2H3. The topological polar surface area (TPSA) is 47.8 Å². The molecule has 0 saturated carbocycles. The van der Waals surface area contributed by atoms with Crippen LogP contribution in [0.1, 0.15) is 21.6 Å². The molecule has 0 fully saturated rings. The second-order valence-electron chi connectivity index (χ2n) is 3.41. The van der Waals surface area contributed by atoms with Crippen LogP contribution in [0.2, 0.25) is 0 Å². The SMILES string of the molecule is Cc1cn(-c2ccc(C=O)cn2)nc1C. The summed E-state index contributed by atoms with van der Waals surface area (Å²) in [6.07, 6.45) is 4.23. The van der Waals surface area contributed by atoms with E-state index in [0.29, 0.717) is 5.56 Å². The van der Waals surface area contributed by atoms with Gasteiger partial charge in [0.05, 0.1) is 5.69 Å². The molecular formula is C11H11N3O. The Labute approximate surface area is 87.6 Å². The van der Waals surface area contributed by atoms with E-state index in [1.54, 1.807) is 16.8 Å². The maximum absolute atomic E-state index is 10.5. The van der Waals surface area contributed by atoms with Crippen LogP contribution in [-0.2, 0) is 0 Å². The molecule has 4 heteroatoms. The molecule has 2 rings (SSSR count). The Morgan fingerprint density at radius 1 is 1.33 bits per heavy atom. The van der Waals surface area contributed by atoms with Crippen LogP contribution in [0.15, 0.2) is 24.5 Å². The van der Waals surface area contributed by atoms with Crippen LogP contribution in [0.3, 0.4) is 0 Å². The van der Waals surface area contributed by atoms with Crippen LogP contribution in [-0.4, -0.2) is 21.1 Å². The van der Waals surface area contributed by atoms with E-state index in [-0.39, 0.29) is 0 Å². The number of carbonyl (C=O) groups is 1. The van der Waals surface area contributed by atoms with Crippen molar-refractivity contribution < 1.29 is 4.79 Å². The molecule has 0 aromatic carbocycles. The van der Waals surface area contributed by atoms with Crippen molar-refractivity contribution in [3.8, 4) is 5.82 Å². The molecule has 0 spiro atoms. The summed E-state index contributed by atoms with van der Waals surface area (Å²) < 4.78 is 1.71. The first-order valence-corrected chi connectivity index (χ1v) is 4.65. The number of aromatic nitrogens is 3. The average Bonchev–Trinajstić information content (AvgIpc) is 2.59. The van der Waals surface area contributed by atoms with Gasteiger partial charge in [-0.25, -0.2) is 9.67 Å². The molecule has 0 bridgehead atoms. The van der Waals surface area contributed by atoms with Crippen molar-refractivity contribution in [1.82, 2.24) is 14.8 Å².